The quantitative estimate of drug-likeness (QED) is 0.528. The van der Waals surface area contributed by atoms with Gasteiger partial charge in [-0.25, -0.2) is 0 Å². The average molecular weight is 402 g/mol. The van der Waals surface area contributed by atoms with E-state index < -0.39 is 0 Å². The molecule has 0 saturated carbocycles. The minimum atomic E-state index is 0.715. The SMILES string of the molecule is CCCNCc1c(Cl)cccc1Oc1ccc(I)cc1. The van der Waals surface area contributed by atoms with Gasteiger partial charge in [-0.05, 0) is 72.0 Å². The summed E-state index contributed by atoms with van der Waals surface area (Å²) < 4.78 is 7.13. The lowest BCUT2D eigenvalue weighted by molar-refractivity contribution is 0.472. The third-order valence-electron chi connectivity index (χ3n) is 2.85. The van der Waals surface area contributed by atoms with E-state index in [4.69, 9.17) is 16.3 Å². The van der Waals surface area contributed by atoms with Crippen LogP contribution in [0.4, 0.5) is 0 Å². The number of benzene rings is 2. The number of hydrogen-bond acceptors (Lipinski definition) is 2. The largest absolute Gasteiger partial charge is 0.457 e. The normalized spacial score (nSPS) is 10.6. The first-order chi connectivity index (χ1) is 9.70. The monoisotopic (exact) mass is 401 g/mol. The molecule has 0 saturated heterocycles. The van der Waals surface area contributed by atoms with Gasteiger partial charge in [-0.1, -0.05) is 24.6 Å². The lowest BCUT2D eigenvalue weighted by Crippen LogP contribution is -2.14. The van der Waals surface area contributed by atoms with Crippen LogP contribution in [0.25, 0.3) is 0 Å². The summed E-state index contributed by atoms with van der Waals surface area (Å²) in [4.78, 5) is 0. The summed E-state index contributed by atoms with van der Waals surface area (Å²) in [5, 5.41) is 4.09. The van der Waals surface area contributed by atoms with Gasteiger partial charge in [-0.15, -0.1) is 0 Å². The summed E-state index contributed by atoms with van der Waals surface area (Å²) in [5.74, 6) is 1.63. The van der Waals surface area contributed by atoms with Crippen molar-refractivity contribution in [2.24, 2.45) is 0 Å². The predicted octanol–water partition coefficient (Wildman–Crippen LogP) is 5.24. The zero-order chi connectivity index (χ0) is 14.4. The van der Waals surface area contributed by atoms with Gasteiger partial charge in [0.25, 0.3) is 0 Å². The highest BCUT2D eigenvalue weighted by Gasteiger charge is 2.08. The number of nitrogens with one attached hydrogen (secondary N) is 1. The van der Waals surface area contributed by atoms with Gasteiger partial charge >= 0.3 is 0 Å². The van der Waals surface area contributed by atoms with Gasteiger partial charge in [0, 0.05) is 20.7 Å². The summed E-state index contributed by atoms with van der Waals surface area (Å²) >= 11 is 8.55. The van der Waals surface area contributed by atoms with E-state index in [0.717, 1.165) is 35.1 Å². The van der Waals surface area contributed by atoms with Crippen LogP contribution in [-0.2, 0) is 6.54 Å². The van der Waals surface area contributed by atoms with Crippen LogP contribution in [0.3, 0.4) is 0 Å². The van der Waals surface area contributed by atoms with E-state index in [0.29, 0.717) is 6.54 Å². The van der Waals surface area contributed by atoms with Gasteiger partial charge in [0.1, 0.15) is 11.5 Å². The van der Waals surface area contributed by atoms with Crippen LogP contribution >= 0.6 is 34.2 Å². The second-order valence-corrected chi connectivity index (χ2v) is 6.10. The Hall–Kier alpha value is -0.780. The zero-order valence-electron chi connectivity index (χ0n) is 11.3. The minimum Gasteiger partial charge on any atom is -0.457 e. The molecule has 0 unspecified atom stereocenters. The van der Waals surface area contributed by atoms with Gasteiger partial charge in [0.2, 0.25) is 0 Å². The van der Waals surface area contributed by atoms with Crippen molar-refractivity contribution in [2.45, 2.75) is 19.9 Å². The van der Waals surface area contributed by atoms with E-state index >= 15 is 0 Å². The van der Waals surface area contributed by atoms with Crippen LogP contribution in [0.5, 0.6) is 11.5 Å². The van der Waals surface area contributed by atoms with Gasteiger partial charge in [0.15, 0.2) is 0 Å². The van der Waals surface area contributed by atoms with Gasteiger partial charge in [-0.2, -0.15) is 0 Å². The molecular weight excluding hydrogens is 385 g/mol. The number of rotatable bonds is 6. The van der Waals surface area contributed by atoms with Gasteiger partial charge in [0.05, 0.1) is 0 Å². The lowest BCUT2D eigenvalue weighted by Gasteiger charge is -2.13. The second-order valence-electron chi connectivity index (χ2n) is 4.45. The molecule has 20 heavy (non-hydrogen) atoms. The maximum atomic E-state index is 6.28. The average Bonchev–Trinajstić information content (AvgIpc) is 2.44. The fourth-order valence-corrected chi connectivity index (χ4v) is 2.42. The standard InChI is InChI=1S/C16H17ClINO/c1-2-10-19-11-14-15(17)4-3-5-16(14)20-13-8-6-12(18)7-9-13/h3-9,19H,2,10-11H2,1H3. The van der Waals surface area contributed by atoms with E-state index in [9.17, 15) is 0 Å². The molecule has 0 aromatic heterocycles. The maximum absolute atomic E-state index is 6.28. The molecule has 0 amide bonds. The summed E-state index contributed by atoms with van der Waals surface area (Å²) in [5.41, 5.74) is 1.00. The number of halogens is 2. The molecule has 1 N–H and O–H groups in total. The molecule has 0 aliphatic heterocycles. The van der Waals surface area contributed by atoms with E-state index in [-0.39, 0.29) is 0 Å². The van der Waals surface area contributed by atoms with Crippen LogP contribution < -0.4 is 10.1 Å². The smallest absolute Gasteiger partial charge is 0.133 e. The molecule has 0 spiro atoms. The third-order valence-corrected chi connectivity index (χ3v) is 3.92. The van der Waals surface area contributed by atoms with Crippen LogP contribution in [-0.4, -0.2) is 6.54 Å². The van der Waals surface area contributed by atoms with Crippen LogP contribution in [0.2, 0.25) is 5.02 Å². The van der Waals surface area contributed by atoms with E-state index in [1.54, 1.807) is 0 Å². The lowest BCUT2D eigenvalue weighted by atomic mass is 10.2. The predicted molar refractivity (Wildman–Crippen MR) is 92.7 cm³/mol. The Morgan fingerprint density at radius 3 is 2.60 bits per heavy atom. The first-order valence-electron chi connectivity index (χ1n) is 6.62. The highest BCUT2D eigenvalue weighted by atomic mass is 127. The Morgan fingerprint density at radius 1 is 1.15 bits per heavy atom. The van der Waals surface area contributed by atoms with E-state index in [2.05, 4.69) is 34.8 Å². The summed E-state index contributed by atoms with van der Waals surface area (Å²) in [6, 6.07) is 13.7. The van der Waals surface area contributed by atoms with Crippen molar-refractivity contribution in [2.75, 3.05) is 6.54 Å². The molecular formula is C16H17ClINO. The molecule has 106 valence electrons. The van der Waals surface area contributed by atoms with Crippen molar-refractivity contribution in [3.8, 4) is 11.5 Å². The fraction of sp³-hybridized carbons (Fsp3) is 0.250. The molecule has 0 aliphatic rings. The molecule has 2 aromatic rings. The highest BCUT2D eigenvalue weighted by molar-refractivity contribution is 14.1. The van der Waals surface area contributed by atoms with Crippen molar-refractivity contribution in [1.29, 1.82) is 0 Å². The van der Waals surface area contributed by atoms with Crippen molar-refractivity contribution >= 4 is 34.2 Å². The Kier molecular flexibility index (Phi) is 6.13. The topological polar surface area (TPSA) is 21.3 Å². The first kappa shape index (κ1) is 15.6. The van der Waals surface area contributed by atoms with Gasteiger partial charge < -0.3 is 10.1 Å². The molecule has 0 fully saturated rings. The van der Waals surface area contributed by atoms with Crippen molar-refractivity contribution < 1.29 is 4.74 Å². The van der Waals surface area contributed by atoms with Crippen molar-refractivity contribution in [3.05, 3.63) is 56.6 Å². The summed E-state index contributed by atoms with van der Waals surface area (Å²) in [6.07, 6.45) is 1.10. The van der Waals surface area contributed by atoms with Crippen LogP contribution in [0, 0.1) is 3.57 Å². The first-order valence-corrected chi connectivity index (χ1v) is 8.08. The van der Waals surface area contributed by atoms with Crippen molar-refractivity contribution in [1.82, 2.24) is 5.32 Å². The molecule has 2 rings (SSSR count). The Morgan fingerprint density at radius 2 is 1.90 bits per heavy atom. The molecule has 0 heterocycles. The molecule has 0 aliphatic carbocycles. The molecule has 2 nitrogen and oxygen atoms in total. The van der Waals surface area contributed by atoms with Crippen molar-refractivity contribution in [3.63, 3.8) is 0 Å². The second kappa shape index (κ2) is 7.86. The fourth-order valence-electron chi connectivity index (χ4n) is 1.83. The molecule has 0 bridgehead atoms. The van der Waals surface area contributed by atoms with Gasteiger partial charge in [-0.3, -0.25) is 0 Å². The maximum Gasteiger partial charge on any atom is 0.133 e. The number of hydrogen-bond donors (Lipinski definition) is 1. The molecule has 2 aromatic carbocycles. The third kappa shape index (κ3) is 4.36. The molecule has 0 radical (unpaired) electrons. The number of ether oxygens (including phenoxy) is 1. The van der Waals surface area contributed by atoms with Crippen LogP contribution in [0.1, 0.15) is 18.9 Å². The molecule has 4 heteroatoms. The Balaban J connectivity index is 2.17. The summed E-state index contributed by atoms with van der Waals surface area (Å²) in [7, 11) is 0. The van der Waals surface area contributed by atoms with E-state index in [1.165, 1.54) is 3.57 Å². The minimum absolute atomic E-state index is 0.715. The molecule has 0 atom stereocenters. The van der Waals surface area contributed by atoms with E-state index in [1.807, 2.05) is 42.5 Å². The summed E-state index contributed by atoms with van der Waals surface area (Å²) in [6.45, 7) is 3.82. The zero-order valence-corrected chi connectivity index (χ0v) is 14.2. The highest BCUT2D eigenvalue weighted by Crippen LogP contribution is 2.30. The van der Waals surface area contributed by atoms with Crippen LogP contribution in [0.15, 0.2) is 42.5 Å². The Bertz CT molecular complexity index is 557. The Labute approximate surface area is 138 Å².